The van der Waals surface area contributed by atoms with Crippen molar-refractivity contribution in [3.05, 3.63) is 0 Å². The summed E-state index contributed by atoms with van der Waals surface area (Å²) in [5.41, 5.74) is 6.15. The third kappa shape index (κ3) is 3.25. The van der Waals surface area contributed by atoms with E-state index >= 15 is 0 Å². The van der Waals surface area contributed by atoms with Crippen LogP contribution in [0.1, 0.15) is 53.9 Å². The van der Waals surface area contributed by atoms with E-state index in [0.717, 1.165) is 25.8 Å². The van der Waals surface area contributed by atoms with Gasteiger partial charge in [-0.2, -0.15) is 0 Å². The van der Waals surface area contributed by atoms with Gasteiger partial charge in [0, 0.05) is 24.5 Å². The molecule has 0 aromatic carbocycles. The summed E-state index contributed by atoms with van der Waals surface area (Å²) in [6.45, 7) is 11.6. The van der Waals surface area contributed by atoms with Crippen molar-refractivity contribution in [3.8, 4) is 0 Å². The van der Waals surface area contributed by atoms with E-state index < -0.39 is 0 Å². The molecule has 18 heavy (non-hydrogen) atoms. The Balaban J connectivity index is 2.75. The van der Waals surface area contributed by atoms with Gasteiger partial charge in [-0.25, -0.2) is 0 Å². The summed E-state index contributed by atoms with van der Waals surface area (Å²) in [6.07, 6.45) is 2.95. The van der Waals surface area contributed by atoms with Crippen LogP contribution in [0.2, 0.25) is 0 Å². The van der Waals surface area contributed by atoms with Crippen LogP contribution < -0.4 is 5.73 Å². The molecule has 1 aliphatic rings. The van der Waals surface area contributed by atoms with Gasteiger partial charge in [-0.05, 0) is 44.9 Å². The zero-order chi connectivity index (χ0) is 13.9. The van der Waals surface area contributed by atoms with E-state index in [1.54, 1.807) is 0 Å². The van der Waals surface area contributed by atoms with Gasteiger partial charge in [-0.1, -0.05) is 20.8 Å². The number of amides is 1. The normalized spacial score (nSPS) is 34.1. The molecule has 0 aromatic rings. The predicted octanol–water partition coefficient (Wildman–Crippen LogP) is 2.64. The van der Waals surface area contributed by atoms with Gasteiger partial charge in [0.2, 0.25) is 5.91 Å². The molecule has 1 rings (SSSR count). The summed E-state index contributed by atoms with van der Waals surface area (Å²) < 4.78 is 0. The maximum absolute atomic E-state index is 12.7. The molecule has 0 bridgehead atoms. The first-order chi connectivity index (χ1) is 8.42. The molecule has 0 aliphatic heterocycles. The van der Waals surface area contributed by atoms with Crippen molar-refractivity contribution in [3.63, 3.8) is 0 Å². The number of carbonyl (C=O) groups excluding carboxylic acids is 1. The van der Waals surface area contributed by atoms with Crippen molar-refractivity contribution < 1.29 is 4.79 Å². The number of hydrogen-bond donors (Lipinski definition) is 1. The SMILES string of the molecule is CCC(C)N(CC)C(=O)C1CC(N)C(C)CC1C. The molecule has 0 radical (unpaired) electrons. The third-order valence-corrected chi connectivity index (χ3v) is 4.75. The number of nitrogens with two attached hydrogens (primary N) is 1. The number of rotatable bonds is 4. The van der Waals surface area contributed by atoms with Crippen molar-refractivity contribution in [2.75, 3.05) is 6.54 Å². The van der Waals surface area contributed by atoms with E-state index in [0.29, 0.717) is 23.8 Å². The lowest BCUT2D eigenvalue weighted by Crippen LogP contribution is -2.48. The van der Waals surface area contributed by atoms with E-state index in [1.807, 2.05) is 4.90 Å². The molecule has 0 saturated heterocycles. The standard InChI is InChI=1S/C15H30N2O/c1-6-12(5)17(7-2)15(18)13-9-14(16)11(4)8-10(13)3/h10-14H,6-9,16H2,1-5H3. The Hall–Kier alpha value is -0.570. The Morgan fingerprint density at radius 1 is 1.28 bits per heavy atom. The van der Waals surface area contributed by atoms with Gasteiger partial charge < -0.3 is 10.6 Å². The Bertz CT molecular complexity index is 280. The number of nitrogens with zero attached hydrogens (tertiary/aromatic N) is 1. The van der Waals surface area contributed by atoms with Crippen LogP contribution in [0.15, 0.2) is 0 Å². The maximum atomic E-state index is 12.7. The van der Waals surface area contributed by atoms with Gasteiger partial charge >= 0.3 is 0 Å². The van der Waals surface area contributed by atoms with Crippen LogP contribution in [0, 0.1) is 17.8 Å². The van der Waals surface area contributed by atoms with E-state index in [9.17, 15) is 4.79 Å². The molecule has 2 N–H and O–H groups in total. The van der Waals surface area contributed by atoms with Gasteiger partial charge in [0.05, 0.1) is 0 Å². The van der Waals surface area contributed by atoms with Gasteiger partial charge in [-0.15, -0.1) is 0 Å². The van der Waals surface area contributed by atoms with E-state index in [-0.39, 0.29) is 12.0 Å². The van der Waals surface area contributed by atoms with Crippen molar-refractivity contribution in [2.45, 2.75) is 66.0 Å². The lowest BCUT2D eigenvalue weighted by Gasteiger charge is -2.40. The summed E-state index contributed by atoms with van der Waals surface area (Å²) in [5, 5.41) is 0. The highest BCUT2D eigenvalue weighted by atomic mass is 16.2. The zero-order valence-electron chi connectivity index (χ0n) is 12.6. The Kier molecular flexibility index (Phi) is 5.64. The van der Waals surface area contributed by atoms with Gasteiger partial charge in [0.15, 0.2) is 0 Å². The number of hydrogen-bond acceptors (Lipinski definition) is 2. The molecule has 106 valence electrons. The number of carbonyl (C=O) groups is 1. The highest BCUT2D eigenvalue weighted by molar-refractivity contribution is 5.79. The zero-order valence-corrected chi connectivity index (χ0v) is 12.6. The predicted molar refractivity (Wildman–Crippen MR) is 76.2 cm³/mol. The van der Waals surface area contributed by atoms with Crippen LogP contribution in [0.5, 0.6) is 0 Å². The monoisotopic (exact) mass is 254 g/mol. The second-order valence-electron chi connectivity index (χ2n) is 6.08. The molecule has 5 atom stereocenters. The van der Waals surface area contributed by atoms with Crippen LogP contribution in [0.25, 0.3) is 0 Å². The first-order valence-electron chi connectivity index (χ1n) is 7.48. The lowest BCUT2D eigenvalue weighted by molar-refractivity contribution is -0.141. The fraction of sp³-hybridized carbons (Fsp3) is 0.933. The molecule has 3 heteroatoms. The minimum atomic E-state index is 0.130. The summed E-state index contributed by atoms with van der Waals surface area (Å²) in [4.78, 5) is 14.7. The van der Waals surface area contributed by atoms with Crippen molar-refractivity contribution >= 4 is 5.91 Å². The minimum Gasteiger partial charge on any atom is -0.340 e. The quantitative estimate of drug-likeness (QED) is 0.838. The molecular weight excluding hydrogens is 224 g/mol. The summed E-state index contributed by atoms with van der Waals surface area (Å²) in [6, 6.07) is 0.524. The first kappa shape index (κ1) is 15.5. The average Bonchev–Trinajstić information content (AvgIpc) is 2.34. The first-order valence-corrected chi connectivity index (χ1v) is 7.48. The smallest absolute Gasteiger partial charge is 0.226 e. The van der Waals surface area contributed by atoms with Crippen LogP contribution in [0.4, 0.5) is 0 Å². The Morgan fingerprint density at radius 2 is 1.89 bits per heavy atom. The molecule has 1 aliphatic carbocycles. The molecule has 1 fully saturated rings. The third-order valence-electron chi connectivity index (χ3n) is 4.75. The van der Waals surface area contributed by atoms with E-state index in [2.05, 4.69) is 34.6 Å². The highest BCUT2D eigenvalue weighted by Gasteiger charge is 2.37. The molecular formula is C15H30N2O. The highest BCUT2D eigenvalue weighted by Crippen LogP contribution is 2.34. The summed E-state index contributed by atoms with van der Waals surface area (Å²) >= 11 is 0. The maximum Gasteiger partial charge on any atom is 0.226 e. The summed E-state index contributed by atoms with van der Waals surface area (Å²) in [7, 11) is 0. The molecule has 0 heterocycles. The van der Waals surface area contributed by atoms with Crippen molar-refractivity contribution in [2.24, 2.45) is 23.5 Å². The van der Waals surface area contributed by atoms with Crippen LogP contribution in [0.3, 0.4) is 0 Å². The molecule has 1 saturated carbocycles. The van der Waals surface area contributed by atoms with Gasteiger partial charge in [0.1, 0.15) is 0 Å². The van der Waals surface area contributed by atoms with Gasteiger partial charge in [-0.3, -0.25) is 4.79 Å². The molecule has 1 amide bonds. The Labute approximate surface area is 112 Å². The van der Waals surface area contributed by atoms with Crippen LogP contribution in [-0.4, -0.2) is 29.4 Å². The minimum absolute atomic E-state index is 0.130. The van der Waals surface area contributed by atoms with Crippen LogP contribution >= 0.6 is 0 Å². The molecule has 5 unspecified atom stereocenters. The fourth-order valence-corrected chi connectivity index (χ4v) is 3.15. The topological polar surface area (TPSA) is 46.3 Å². The summed E-state index contributed by atoms with van der Waals surface area (Å²) in [5.74, 6) is 1.46. The van der Waals surface area contributed by atoms with Gasteiger partial charge in [0.25, 0.3) is 0 Å². The van der Waals surface area contributed by atoms with Crippen LogP contribution in [-0.2, 0) is 4.79 Å². The van der Waals surface area contributed by atoms with E-state index in [4.69, 9.17) is 5.73 Å². The average molecular weight is 254 g/mol. The van der Waals surface area contributed by atoms with Crippen molar-refractivity contribution in [1.29, 1.82) is 0 Å². The van der Waals surface area contributed by atoms with Crippen molar-refractivity contribution in [1.82, 2.24) is 4.90 Å². The second-order valence-corrected chi connectivity index (χ2v) is 6.08. The fourth-order valence-electron chi connectivity index (χ4n) is 3.15. The Morgan fingerprint density at radius 3 is 2.39 bits per heavy atom. The largest absolute Gasteiger partial charge is 0.340 e. The lowest BCUT2D eigenvalue weighted by atomic mass is 9.72. The van der Waals surface area contributed by atoms with E-state index in [1.165, 1.54) is 0 Å². The molecule has 0 spiro atoms. The molecule has 0 aromatic heterocycles. The molecule has 3 nitrogen and oxygen atoms in total. The second kappa shape index (κ2) is 6.55.